The fraction of sp³-hybridized carbons (Fsp3) is 0.286. The number of benzene rings is 1. The molecule has 0 atom stereocenters. The fourth-order valence-corrected chi connectivity index (χ4v) is 2.54. The summed E-state index contributed by atoms with van der Waals surface area (Å²) in [7, 11) is 0. The monoisotopic (exact) mass is 257 g/mol. The molecule has 98 valence electrons. The molecule has 2 aromatic rings. The summed E-state index contributed by atoms with van der Waals surface area (Å²) >= 11 is 0. The number of aromatic nitrogens is 2. The lowest BCUT2D eigenvalue weighted by Gasteiger charge is -2.11. The van der Waals surface area contributed by atoms with Crippen LogP contribution in [0.15, 0.2) is 30.3 Å². The predicted molar refractivity (Wildman–Crippen MR) is 71.9 cm³/mol. The number of nitrogens with one attached hydrogen (secondary N) is 1. The second-order valence-electron chi connectivity index (χ2n) is 4.66. The Kier molecular flexibility index (Phi) is 2.95. The minimum atomic E-state index is -1.05. The summed E-state index contributed by atoms with van der Waals surface area (Å²) in [5.41, 5.74) is 2.93. The lowest BCUT2D eigenvalue weighted by molar-refractivity contribution is 0.209. The van der Waals surface area contributed by atoms with Crippen molar-refractivity contribution in [3.05, 3.63) is 41.6 Å². The number of carbonyl (C=O) groups is 1. The minimum Gasteiger partial charge on any atom is -0.465 e. The summed E-state index contributed by atoms with van der Waals surface area (Å²) in [5, 5.41) is 16.1. The molecule has 1 amide bonds. The van der Waals surface area contributed by atoms with Gasteiger partial charge in [0.05, 0.1) is 11.4 Å². The highest BCUT2D eigenvalue weighted by atomic mass is 16.4. The molecule has 1 heterocycles. The smallest absolute Gasteiger partial charge is 0.410 e. The number of rotatable bonds is 2. The second-order valence-corrected chi connectivity index (χ2v) is 4.66. The van der Waals surface area contributed by atoms with Gasteiger partial charge in [0.1, 0.15) is 5.82 Å². The first-order chi connectivity index (χ1) is 9.25. The molecule has 5 nitrogen and oxygen atoms in total. The zero-order valence-corrected chi connectivity index (χ0v) is 10.5. The highest BCUT2D eigenvalue weighted by Gasteiger charge is 2.22. The molecule has 1 aromatic heterocycles. The van der Waals surface area contributed by atoms with E-state index in [1.54, 1.807) is 4.68 Å². The van der Waals surface area contributed by atoms with Crippen LogP contribution in [0, 0.1) is 0 Å². The van der Waals surface area contributed by atoms with Gasteiger partial charge in [-0.15, -0.1) is 0 Å². The Labute approximate surface area is 110 Å². The van der Waals surface area contributed by atoms with Gasteiger partial charge in [-0.05, 0) is 37.8 Å². The van der Waals surface area contributed by atoms with Crippen molar-refractivity contribution >= 4 is 11.9 Å². The Morgan fingerprint density at radius 2 is 1.95 bits per heavy atom. The Morgan fingerprint density at radius 1 is 1.21 bits per heavy atom. The first-order valence-electron chi connectivity index (χ1n) is 6.42. The van der Waals surface area contributed by atoms with Gasteiger partial charge in [-0.3, -0.25) is 5.32 Å². The van der Waals surface area contributed by atoms with Gasteiger partial charge in [-0.1, -0.05) is 18.2 Å². The number of nitrogens with zero attached hydrogens (tertiary/aromatic N) is 2. The zero-order chi connectivity index (χ0) is 13.2. The average molecular weight is 257 g/mol. The van der Waals surface area contributed by atoms with Gasteiger partial charge >= 0.3 is 6.09 Å². The summed E-state index contributed by atoms with van der Waals surface area (Å²) in [6, 6.07) is 9.61. The van der Waals surface area contributed by atoms with Crippen LogP contribution in [0.4, 0.5) is 10.6 Å². The zero-order valence-electron chi connectivity index (χ0n) is 10.5. The van der Waals surface area contributed by atoms with Crippen molar-refractivity contribution < 1.29 is 9.90 Å². The number of amides is 1. The molecule has 0 saturated heterocycles. The third kappa shape index (κ3) is 2.19. The van der Waals surface area contributed by atoms with Gasteiger partial charge in [0.2, 0.25) is 0 Å². The fourth-order valence-electron chi connectivity index (χ4n) is 2.54. The maximum Gasteiger partial charge on any atom is 0.410 e. The third-order valence-electron chi connectivity index (χ3n) is 3.38. The predicted octanol–water partition coefficient (Wildman–Crippen LogP) is 2.84. The van der Waals surface area contributed by atoms with Crippen LogP contribution in [0.3, 0.4) is 0 Å². The summed E-state index contributed by atoms with van der Waals surface area (Å²) in [6.45, 7) is 0. The molecule has 1 aromatic carbocycles. The minimum absolute atomic E-state index is 0.591. The highest BCUT2D eigenvalue weighted by molar-refractivity contribution is 5.83. The normalized spacial score (nSPS) is 13.9. The van der Waals surface area contributed by atoms with Crippen LogP contribution in [-0.4, -0.2) is 21.0 Å². The van der Waals surface area contributed by atoms with Crippen molar-refractivity contribution in [1.29, 1.82) is 0 Å². The van der Waals surface area contributed by atoms with E-state index in [0.29, 0.717) is 5.82 Å². The van der Waals surface area contributed by atoms with Crippen molar-refractivity contribution in [2.24, 2.45) is 0 Å². The van der Waals surface area contributed by atoms with Crippen LogP contribution in [0.1, 0.15) is 24.1 Å². The van der Waals surface area contributed by atoms with E-state index < -0.39 is 6.09 Å². The molecule has 19 heavy (non-hydrogen) atoms. The van der Waals surface area contributed by atoms with Crippen molar-refractivity contribution in [3.8, 4) is 5.69 Å². The molecule has 3 rings (SSSR count). The van der Waals surface area contributed by atoms with Gasteiger partial charge in [0.15, 0.2) is 0 Å². The summed E-state index contributed by atoms with van der Waals surface area (Å²) in [4.78, 5) is 11.0. The molecule has 0 bridgehead atoms. The average Bonchev–Trinajstić information content (AvgIpc) is 2.78. The maximum absolute atomic E-state index is 11.0. The first kappa shape index (κ1) is 11.8. The van der Waals surface area contributed by atoms with Crippen molar-refractivity contribution in [2.75, 3.05) is 5.32 Å². The number of para-hydroxylation sites is 1. The largest absolute Gasteiger partial charge is 0.465 e. The number of carboxylic acid groups (broad SMARTS) is 1. The molecule has 0 saturated carbocycles. The Hall–Kier alpha value is -2.30. The Balaban J connectivity index is 2.12. The number of anilines is 1. The second kappa shape index (κ2) is 4.76. The molecule has 0 unspecified atom stereocenters. The Morgan fingerprint density at radius 3 is 2.68 bits per heavy atom. The van der Waals surface area contributed by atoms with Crippen molar-refractivity contribution in [3.63, 3.8) is 0 Å². The number of fused-ring (bicyclic) bond motifs is 1. The molecule has 0 spiro atoms. The van der Waals surface area contributed by atoms with Gasteiger partial charge in [0, 0.05) is 5.56 Å². The molecule has 5 heteroatoms. The van der Waals surface area contributed by atoms with Crippen LogP contribution >= 0.6 is 0 Å². The molecule has 2 N–H and O–H groups in total. The number of hydrogen-bond acceptors (Lipinski definition) is 2. The van der Waals surface area contributed by atoms with Crippen LogP contribution in [0.25, 0.3) is 5.69 Å². The topological polar surface area (TPSA) is 67.2 Å². The SMILES string of the molecule is O=C(O)Nc1c2c(nn1-c1ccccc1)CCCC2. The number of hydrogen-bond donors (Lipinski definition) is 2. The lowest BCUT2D eigenvalue weighted by Crippen LogP contribution is -2.13. The van der Waals surface area contributed by atoms with E-state index in [1.807, 2.05) is 30.3 Å². The van der Waals surface area contributed by atoms with Crippen LogP contribution in [0.2, 0.25) is 0 Å². The van der Waals surface area contributed by atoms with Crippen LogP contribution < -0.4 is 5.32 Å². The van der Waals surface area contributed by atoms with E-state index in [1.165, 1.54) is 0 Å². The van der Waals surface area contributed by atoms with E-state index >= 15 is 0 Å². The summed E-state index contributed by atoms with van der Waals surface area (Å²) < 4.78 is 1.70. The Bertz CT molecular complexity index is 605. The van der Waals surface area contributed by atoms with Gasteiger partial charge in [-0.2, -0.15) is 5.10 Å². The third-order valence-corrected chi connectivity index (χ3v) is 3.38. The molecule has 0 radical (unpaired) electrons. The van der Waals surface area contributed by atoms with Gasteiger partial charge < -0.3 is 5.11 Å². The summed E-state index contributed by atoms with van der Waals surface area (Å²) in [6.07, 6.45) is 2.96. The first-order valence-corrected chi connectivity index (χ1v) is 6.42. The molecular weight excluding hydrogens is 242 g/mol. The van der Waals surface area contributed by atoms with E-state index in [0.717, 1.165) is 42.6 Å². The van der Waals surface area contributed by atoms with Crippen LogP contribution in [-0.2, 0) is 12.8 Å². The highest BCUT2D eigenvalue weighted by Crippen LogP contribution is 2.29. The molecule has 0 fully saturated rings. The molecule has 0 aliphatic heterocycles. The van der Waals surface area contributed by atoms with Crippen molar-refractivity contribution in [1.82, 2.24) is 9.78 Å². The lowest BCUT2D eigenvalue weighted by atomic mass is 9.97. The van der Waals surface area contributed by atoms with E-state index in [-0.39, 0.29) is 0 Å². The van der Waals surface area contributed by atoms with E-state index in [9.17, 15) is 4.79 Å². The van der Waals surface area contributed by atoms with Gasteiger partial charge in [0.25, 0.3) is 0 Å². The molecule has 1 aliphatic carbocycles. The number of aryl methyl sites for hydroxylation is 1. The van der Waals surface area contributed by atoms with Crippen molar-refractivity contribution in [2.45, 2.75) is 25.7 Å². The van der Waals surface area contributed by atoms with E-state index in [4.69, 9.17) is 5.11 Å². The van der Waals surface area contributed by atoms with E-state index in [2.05, 4.69) is 10.4 Å². The van der Waals surface area contributed by atoms with Gasteiger partial charge in [-0.25, -0.2) is 9.48 Å². The summed E-state index contributed by atoms with van der Waals surface area (Å²) in [5.74, 6) is 0.591. The standard InChI is InChI=1S/C14H15N3O2/c18-14(19)15-13-11-8-4-5-9-12(11)16-17(13)10-6-2-1-3-7-10/h1-3,6-7,15H,4-5,8-9H2,(H,18,19). The molecular formula is C14H15N3O2. The van der Waals surface area contributed by atoms with Crippen LogP contribution in [0.5, 0.6) is 0 Å². The quantitative estimate of drug-likeness (QED) is 0.869. The maximum atomic E-state index is 11.0. The molecule has 1 aliphatic rings.